The third-order valence-corrected chi connectivity index (χ3v) is 3.24. The Balaban J connectivity index is 2.25. The fourth-order valence-corrected chi connectivity index (χ4v) is 2.19. The van der Waals surface area contributed by atoms with Crippen LogP contribution in [0.5, 0.6) is 0 Å². The zero-order chi connectivity index (χ0) is 16.4. The number of anilines is 1. The van der Waals surface area contributed by atoms with E-state index in [-0.39, 0.29) is 23.9 Å². The van der Waals surface area contributed by atoms with E-state index in [4.69, 9.17) is 10.5 Å². The SMILES string of the molecule is CCOC(=O)c1nnn(-c2nonc2N)c1-c1ccccc1C. The highest BCUT2D eigenvalue weighted by Crippen LogP contribution is 2.29. The third-order valence-electron chi connectivity index (χ3n) is 3.24. The fraction of sp³-hybridized carbons (Fsp3) is 0.214. The van der Waals surface area contributed by atoms with Crippen molar-refractivity contribution in [1.82, 2.24) is 25.3 Å². The quantitative estimate of drug-likeness (QED) is 0.717. The Morgan fingerprint density at radius 1 is 1.35 bits per heavy atom. The molecule has 0 amide bonds. The molecule has 2 aromatic heterocycles. The second kappa shape index (κ2) is 5.87. The molecule has 0 bridgehead atoms. The summed E-state index contributed by atoms with van der Waals surface area (Å²) in [6, 6.07) is 7.49. The Kier molecular flexibility index (Phi) is 3.75. The van der Waals surface area contributed by atoms with Gasteiger partial charge in [-0.25, -0.2) is 9.42 Å². The number of nitrogens with zero attached hydrogens (tertiary/aromatic N) is 5. The summed E-state index contributed by atoms with van der Waals surface area (Å²) in [5.41, 5.74) is 7.90. The van der Waals surface area contributed by atoms with Crippen LogP contribution in [0, 0.1) is 6.92 Å². The molecular formula is C14H14N6O3. The molecule has 0 aliphatic heterocycles. The van der Waals surface area contributed by atoms with Crippen LogP contribution < -0.4 is 5.73 Å². The Morgan fingerprint density at radius 3 is 2.78 bits per heavy atom. The topological polar surface area (TPSA) is 122 Å². The fourth-order valence-electron chi connectivity index (χ4n) is 2.19. The molecule has 9 heteroatoms. The molecule has 9 nitrogen and oxygen atoms in total. The van der Waals surface area contributed by atoms with Crippen molar-refractivity contribution < 1.29 is 14.2 Å². The summed E-state index contributed by atoms with van der Waals surface area (Å²) in [4.78, 5) is 12.2. The first kappa shape index (κ1) is 14.7. The van der Waals surface area contributed by atoms with Crippen LogP contribution in [0.4, 0.5) is 5.82 Å². The van der Waals surface area contributed by atoms with Crippen LogP contribution in [-0.2, 0) is 4.74 Å². The van der Waals surface area contributed by atoms with E-state index in [0.29, 0.717) is 5.69 Å². The third kappa shape index (κ3) is 2.52. The number of carbonyl (C=O) groups excluding carboxylic acids is 1. The van der Waals surface area contributed by atoms with Gasteiger partial charge in [-0.05, 0) is 29.7 Å². The van der Waals surface area contributed by atoms with Crippen LogP contribution in [0.1, 0.15) is 23.0 Å². The summed E-state index contributed by atoms with van der Waals surface area (Å²) in [7, 11) is 0. The van der Waals surface area contributed by atoms with E-state index < -0.39 is 5.97 Å². The first-order valence-corrected chi connectivity index (χ1v) is 6.90. The standard InChI is InChI=1S/C14H14N6O3/c1-3-22-14(21)10-11(9-7-5-4-6-8(9)2)20(19-16-10)13-12(15)17-23-18-13/h4-7H,3H2,1-2H3,(H2,15,17). The van der Waals surface area contributed by atoms with Gasteiger partial charge in [0.15, 0.2) is 5.69 Å². The number of rotatable bonds is 4. The Labute approximate surface area is 131 Å². The highest BCUT2D eigenvalue weighted by Gasteiger charge is 2.26. The van der Waals surface area contributed by atoms with E-state index in [0.717, 1.165) is 11.1 Å². The van der Waals surface area contributed by atoms with Crippen molar-refractivity contribution in [2.24, 2.45) is 0 Å². The molecule has 3 aromatic rings. The van der Waals surface area contributed by atoms with Gasteiger partial charge in [-0.3, -0.25) is 0 Å². The predicted molar refractivity (Wildman–Crippen MR) is 79.8 cm³/mol. The number of esters is 1. The minimum Gasteiger partial charge on any atom is -0.461 e. The van der Waals surface area contributed by atoms with Crippen molar-refractivity contribution in [3.8, 4) is 17.1 Å². The van der Waals surface area contributed by atoms with Gasteiger partial charge in [0, 0.05) is 5.56 Å². The molecule has 2 N–H and O–H groups in total. The molecule has 0 saturated heterocycles. The van der Waals surface area contributed by atoms with E-state index >= 15 is 0 Å². The molecular weight excluding hydrogens is 300 g/mol. The number of hydrogen-bond donors (Lipinski definition) is 1. The van der Waals surface area contributed by atoms with Crippen molar-refractivity contribution in [1.29, 1.82) is 0 Å². The van der Waals surface area contributed by atoms with E-state index in [1.807, 2.05) is 31.2 Å². The normalized spacial score (nSPS) is 10.7. The molecule has 23 heavy (non-hydrogen) atoms. The lowest BCUT2D eigenvalue weighted by atomic mass is 10.0. The lowest BCUT2D eigenvalue weighted by Crippen LogP contribution is -2.09. The highest BCUT2D eigenvalue weighted by atomic mass is 16.6. The van der Waals surface area contributed by atoms with Crippen molar-refractivity contribution in [2.75, 3.05) is 12.3 Å². The van der Waals surface area contributed by atoms with Crippen LogP contribution in [-0.4, -0.2) is 37.9 Å². The number of carbonyl (C=O) groups is 1. The second-order valence-electron chi connectivity index (χ2n) is 4.71. The van der Waals surface area contributed by atoms with Gasteiger partial charge in [-0.1, -0.05) is 29.5 Å². The van der Waals surface area contributed by atoms with Gasteiger partial charge in [-0.15, -0.1) is 5.10 Å². The van der Waals surface area contributed by atoms with Gasteiger partial charge >= 0.3 is 5.97 Å². The average Bonchev–Trinajstić information content (AvgIpc) is 3.14. The van der Waals surface area contributed by atoms with Crippen molar-refractivity contribution in [3.05, 3.63) is 35.5 Å². The van der Waals surface area contributed by atoms with Crippen LogP contribution in [0.2, 0.25) is 0 Å². The molecule has 3 rings (SSSR count). The number of aromatic nitrogens is 5. The van der Waals surface area contributed by atoms with Crippen LogP contribution in [0.25, 0.3) is 17.1 Å². The van der Waals surface area contributed by atoms with Gasteiger partial charge in [0.2, 0.25) is 11.6 Å². The number of nitrogens with two attached hydrogens (primary N) is 1. The van der Waals surface area contributed by atoms with E-state index in [1.54, 1.807) is 6.92 Å². The second-order valence-corrected chi connectivity index (χ2v) is 4.71. The lowest BCUT2D eigenvalue weighted by molar-refractivity contribution is 0.0520. The average molecular weight is 314 g/mol. The Morgan fingerprint density at radius 2 is 2.13 bits per heavy atom. The van der Waals surface area contributed by atoms with E-state index in [9.17, 15) is 4.79 Å². The van der Waals surface area contributed by atoms with Gasteiger partial charge in [0.25, 0.3) is 0 Å². The molecule has 0 fully saturated rings. The number of hydrogen-bond acceptors (Lipinski definition) is 8. The minimum atomic E-state index is -0.577. The van der Waals surface area contributed by atoms with Crippen molar-refractivity contribution >= 4 is 11.8 Å². The molecule has 0 saturated carbocycles. The summed E-state index contributed by atoms with van der Waals surface area (Å²) in [6.07, 6.45) is 0. The van der Waals surface area contributed by atoms with Gasteiger partial charge < -0.3 is 10.5 Å². The molecule has 118 valence electrons. The van der Waals surface area contributed by atoms with Crippen LogP contribution in [0.3, 0.4) is 0 Å². The molecule has 0 radical (unpaired) electrons. The zero-order valence-electron chi connectivity index (χ0n) is 12.6. The van der Waals surface area contributed by atoms with E-state index in [2.05, 4.69) is 25.3 Å². The largest absolute Gasteiger partial charge is 0.461 e. The highest BCUT2D eigenvalue weighted by molar-refractivity contribution is 5.95. The van der Waals surface area contributed by atoms with E-state index in [1.165, 1.54) is 4.68 Å². The summed E-state index contributed by atoms with van der Waals surface area (Å²) in [5.74, 6) is -0.376. The number of benzene rings is 1. The zero-order valence-corrected chi connectivity index (χ0v) is 12.6. The van der Waals surface area contributed by atoms with Gasteiger partial charge in [-0.2, -0.15) is 4.68 Å². The maximum Gasteiger partial charge on any atom is 0.361 e. The summed E-state index contributed by atoms with van der Waals surface area (Å²) in [5, 5.41) is 15.1. The molecule has 0 aliphatic rings. The van der Waals surface area contributed by atoms with Gasteiger partial charge in [0.05, 0.1) is 6.61 Å². The minimum absolute atomic E-state index is 0.0418. The summed E-state index contributed by atoms with van der Waals surface area (Å²) < 4.78 is 11.0. The maximum atomic E-state index is 12.2. The van der Waals surface area contributed by atoms with Crippen molar-refractivity contribution in [2.45, 2.75) is 13.8 Å². The molecule has 0 aliphatic carbocycles. The van der Waals surface area contributed by atoms with Crippen LogP contribution in [0.15, 0.2) is 28.9 Å². The Hall–Kier alpha value is -3.23. The molecule has 2 heterocycles. The first-order valence-electron chi connectivity index (χ1n) is 6.90. The summed E-state index contributed by atoms with van der Waals surface area (Å²) >= 11 is 0. The molecule has 0 atom stereocenters. The lowest BCUT2D eigenvalue weighted by Gasteiger charge is -2.08. The van der Waals surface area contributed by atoms with Crippen molar-refractivity contribution in [3.63, 3.8) is 0 Å². The molecule has 0 unspecified atom stereocenters. The number of aryl methyl sites for hydroxylation is 1. The maximum absolute atomic E-state index is 12.2. The molecule has 0 spiro atoms. The molecule has 1 aromatic carbocycles. The predicted octanol–water partition coefficient (Wildman–Crippen LogP) is 1.38. The first-order chi connectivity index (χ1) is 11.1. The Bertz CT molecular complexity index is 854. The number of ether oxygens (including phenoxy) is 1. The van der Waals surface area contributed by atoms with Gasteiger partial charge in [0.1, 0.15) is 5.69 Å². The number of nitrogen functional groups attached to an aromatic ring is 1. The smallest absolute Gasteiger partial charge is 0.361 e. The monoisotopic (exact) mass is 314 g/mol. The summed E-state index contributed by atoms with van der Waals surface area (Å²) in [6.45, 7) is 3.86. The van der Waals surface area contributed by atoms with Crippen LogP contribution >= 0.6 is 0 Å².